The van der Waals surface area contributed by atoms with Crippen molar-refractivity contribution >= 4 is 11.7 Å². The number of carboxylic acid groups (broad SMARTS) is 1. The summed E-state index contributed by atoms with van der Waals surface area (Å²) in [5, 5.41) is 36.4. The maximum atomic E-state index is 10.7. The highest BCUT2D eigenvalue weighted by atomic mass is 16.4. The van der Waals surface area contributed by atoms with Gasteiger partial charge in [-0.05, 0) is 18.2 Å². The van der Waals surface area contributed by atoms with Gasteiger partial charge in [0.2, 0.25) is 0 Å². The van der Waals surface area contributed by atoms with Gasteiger partial charge in [0.05, 0.1) is 24.2 Å². The number of nitrogens with two attached hydrogens (primary N) is 1. The summed E-state index contributed by atoms with van der Waals surface area (Å²) in [6, 6.07) is 5.52. The lowest BCUT2D eigenvalue weighted by atomic mass is 9.98. The Labute approximate surface area is 97.5 Å². The van der Waals surface area contributed by atoms with E-state index in [1.165, 1.54) is 18.2 Å². The van der Waals surface area contributed by atoms with E-state index in [1.807, 2.05) is 0 Å². The van der Waals surface area contributed by atoms with Gasteiger partial charge in [0.15, 0.2) is 0 Å². The van der Waals surface area contributed by atoms with Crippen molar-refractivity contribution in [2.75, 3.05) is 5.73 Å². The van der Waals surface area contributed by atoms with Crippen molar-refractivity contribution in [3.8, 4) is 6.07 Å². The molecule has 0 aliphatic rings. The first kappa shape index (κ1) is 13.0. The average Bonchev–Trinajstić information content (AvgIpc) is 2.28. The quantitative estimate of drug-likeness (QED) is 0.556. The fourth-order valence-corrected chi connectivity index (χ4v) is 1.38. The molecule has 1 aromatic carbocycles. The molecule has 0 aliphatic carbocycles. The molecule has 0 aromatic heterocycles. The summed E-state index contributed by atoms with van der Waals surface area (Å²) in [5.74, 6) is -1.16. The van der Waals surface area contributed by atoms with E-state index in [2.05, 4.69) is 0 Å². The zero-order valence-electron chi connectivity index (χ0n) is 8.87. The molecule has 5 N–H and O–H groups in total. The largest absolute Gasteiger partial charge is 0.478 e. The summed E-state index contributed by atoms with van der Waals surface area (Å²) < 4.78 is 0. The molecule has 17 heavy (non-hydrogen) atoms. The van der Waals surface area contributed by atoms with Gasteiger partial charge in [-0.25, -0.2) is 4.79 Å². The number of aliphatic hydroxyl groups excluding tert-OH is 2. The van der Waals surface area contributed by atoms with Crippen molar-refractivity contribution in [3.63, 3.8) is 0 Å². The lowest BCUT2D eigenvalue weighted by Crippen LogP contribution is -2.19. The van der Waals surface area contributed by atoms with Crippen molar-refractivity contribution in [2.45, 2.75) is 18.6 Å². The molecule has 0 saturated heterocycles. The number of hydrogen-bond acceptors (Lipinski definition) is 5. The molecule has 0 aliphatic heterocycles. The van der Waals surface area contributed by atoms with E-state index in [0.29, 0.717) is 0 Å². The van der Waals surface area contributed by atoms with Crippen LogP contribution < -0.4 is 5.73 Å². The second kappa shape index (κ2) is 5.30. The summed E-state index contributed by atoms with van der Waals surface area (Å²) in [7, 11) is 0. The Bertz CT molecular complexity index is 467. The number of carboxylic acids is 1. The Morgan fingerprint density at radius 2 is 2.12 bits per heavy atom. The number of nitrogen functional groups attached to an aromatic ring is 1. The van der Waals surface area contributed by atoms with Gasteiger partial charge >= 0.3 is 5.97 Å². The predicted octanol–water partition coefficient (Wildman–Crippen LogP) is 0.275. The minimum Gasteiger partial charge on any atom is -0.478 e. The molecule has 6 nitrogen and oxygen atoms in total. The van der Waals surface area contributed by atoms with Gasteiger partial charge in [-0.2, -0.15) is 5.26 Å². The van der Waals surface area contributed by atoms with E-state index in [9.17, 15) is 15.0 Å². The summed E-state index contributed by atoms with van der Waals surface area (Å²) in [5.41, 5.74) is 5.80. The molecule has 0 saturated carbocycles. The van der Waals surface area contributed by atoms with Crippen LogP contribution in [0.3, 0.4) is 0 Å². The van der Waals surface area contributed by atoms with Gasteiger partial charge < -0.3 is 21.1 Å². The molecule has 0 bridgehead atoms. The smallest absolute Gasteiger partial charge is 0.335 e. The van der Waals surface area contributed by atoms with E-state index in [4.69, 9.17) is 16.1 Å². The molecule has 2 unspecified atom stereocenters. The van der Waals surface area contributed by atoms with Crippen LogP contribution in [-0.4, -0.2) is 27.4 Å². The van der Waals surface area contributed by atoms with Crippen LogP contribution in [0.1, 0.15) is 28.4 Å². The summed E-state index contributed by atoms with van der Waals surface area (Å²) >= 11 is 0. The number of rotatable bonds is 4. The van der Waals surface area contributed by atoms with Gasteiger partial charge in [-0.15, -0.1) is 0 Å². The topological polar surface area (TPSA) is 128 Å². The molecule has 0 fully saturated rings. The van der Waals surface area contributed by atoms with Crippen LogP contribution in [0.15, 0.2) is 18.2 Å². The van der Waals surface area contributed by atoms with Crippen molar-refractivity contribution in [2.24, 2.45) is 0 Å². The van der Waals surface area contributed by atoms with Crippen molar-refractivity contribution in [1.29, 1.82) is 5.26 Å². The number of aromatic carboxylic acids is 1. The van der Waals surface area contributed by atoms with E-state index >= 15 is 0 Å². The SMILES string of the molecule is N#CCC(O)C(O)c1cc(C(=O)O)ccc1N. The Hall–Kier alpha value is -2.10. The van der Waals surface area contributed by atoms with Gasteiger partial charge in [0, 0.05) is 11.3 Å². The van der Waals surface area contributed by atoms with E-state index in [1.54, 1.807) is 6.07 Å². The van der Waals surface area contributed by atoms with E-state index in [0.717, 1.165) is 0 Å². The number of benzene rings is 1. The van der Waals surface area contributed by atoms with Gasteiger partial charge in [0.1, 0.15) is 6.10 Å². The van der Waals surface area contributed by atoms with Crippen LogP contribution in [0, 0.1) is 11.3 Å². The van der Waals surface area contributed by atoms with E-state index in [-0.39, 0.29) is 23.2 Å². The first-order valence-corrected chi connectivity index (χ1v) is 4.83. The molecule has 0 radical (unpaired) electrons. The third-order valence-electron chi connectivity index (χ3n) is 2.32. The highest BCUT2D eigenvalue weighted by Gasteiger charge is 2.21. The number of carbonyl (C=O) groups is 1. The van der Waals surface area contributed by atoms with Crippen LogP contribution in [0.4, 0.5) is 5.69 Å². The Balaban J connectivity index is 3.08. The maximum absolute atomic E-state index is 10.7. The van der Waals surface area contributed by atoms with Crippen LogP contribution in [0.2, 0.25) is 0 Å². The van der Waals surface area contributed by atoms with Gasteiger partial charge in [-0.3, -0.25) is 0 Å². The lowest BCUT2D eigenvalue weighted by molar-refractivity contribution is 0.0220. The van der Waals surface area contributed by atoms with Crippen molar-refractivity contribution < 1.29 is 20.1 Å². The fraction of sp³-hybridized carbons (Fsp3) is 0.273. The third-order valence-corrected chi connectivity index (χ3v) is 2.32. The molecule has 6 heteroatoms. The maximum Gasteiger partial charge on any atom is 0.335 e. The summed E-state index contributed by atoms with van der Waals surface area (Å²) in [6.45, 7) is 0. The third kappa shape index (κ3) is 2.93. The number of hydrogen-bond donors (Lipinski definition) is 4. The van der Waals surface area contributed by atoms with Gasteiger partial charge in [0.25, 0.3) is 0 Å². The monoisotopic (exact) mass is 236 g/mol. The molecule has 0 spiro atoms. The minimum atomic E-state index is -1.38. The van der Waals surface area contributed by atoms with Gasteiger partial charge in [-0.1, -0.05) is 0 Å². The van der Waals surface area contributed by atoms with E-state index < -0.39 is 18.2 Å². The normalized spacial score (nSPS) is 13.7. The molecule has 2 atom stereocenters. The number of anilines is 1. The molecule has 0 heterocycles. The van der Waals surface area contributed by atoms with Crippen LogP contribution >= 0.6 is 0 Å². The summed E-state index contributed by atoms with van der Waals surface area (Å²) in [4.78, 5) is 10.7. The number of nitrogens with zero attached hydrogens (tertiary/aromatic N) is 1. The second-order valence-corrected chi connectivity index (χ2v) is 3.52. The van der Waals surface area contributed by atoms with Crippen LogP contribution in [0.5, 0.6) is 0 Å². The minimum absolute atomic E-state index is 0.0441. The second-order valence-electron chi connectivity index (χ2n) is 3.52. The Kier molecular flexibility index (Phi) is 4.04. The Morgan fingerprint density at radius 1 is 1.47 bits per heavy atom. The molecular formula is C11H12N2O4. The van der Waals surface area contributed by atoms with Crippen molar-refractivity contribution in [3.05, 3.63) is 29.3 Å². The predicted molar refractivity (Wildman–Crippen MR) is 59.0 cm³/mol. The lowest BCUT2D eigenvalue weighted by Gasteiger charge is -2.17. The zero-order valence-corrected chi connectivity index (χ0v) is 8.87. The number of aliphatic hydroxyl groups is 2. The fourth-order valence-electron chi connectivity index (χ4n) is 1.38. The molecular weight excluding hydrogens is 224 g/mol. The highest BCUT2D eigenvalue weighted by Crippen LogP contribution is 2.25. The first-order chi connectivity index (χ1) is 7.97. The average molecular weight is 236 g/mol. The van der Waals surface area contributed by atoms with Crippen LogP contribution in [0.25, 0.3) is 0 Å². The molecule has 1 rings (SSSR count). The van der Waals surface area contributed by atoms with Crippen molar-refractivity contribution in [1.82, 2.24) is 0 Å². The molecule has 0 amide bonds. The van der Waals surface area contributed by atoms with Crippen LogP contribution in [-0.2, 0) is 0 Å². The molecule has 90 valence electrons. The Morgan fingerprint density at radius 3 is 2.65 bits per heavy atom. The number of nitriles is 1. The highest BCUT2D eigenvalue weighted by molar-refractivity contribution is 5.88. The first-order valence-electron chi connectivity index (χ1n) is 4.83. The summed E-state index contributed by atoms with van der Waals surface area (Å²) in [6.07, 6.45) is -2.95. The molecule has 1 aromatic rings. The zero-order chi connectivity index (χ0) is 13.0. The standard InChI is InChI=1S/C11H12N2O4/c12-4-3-9(14)10(15)7-5-6(11(16)17)1-2-8(7)13/h1-2,5,9-10,14-15H,3,13H2,(H,16,17).